The second-order valence-corrected chi connectivity index (χ2v) is 1.66. The van der Waals surface area contributed by atoms with Crippen molar-refractivity contribution in [1.82, 2.24) is 15.4 Å². The van der Waals surface area contributed by atoms with E-state index in [9.17, 15) is 0 Å². The molecule has 9 heavy (non-hydrogen) atoms. The van der Waals surface area contributed by atoms with Gasteiger partial charge in [-0.1, -0.05) is 6.92 Å². The lowest BCUT2D eigenvalue weighted by molar-refractivity contribution is 0.834. The van der Waals surface area contributed by atoms with Gasteiger partial charge in [0.15, 0.2) is 0 Å². The smallest absolute Gasteiger partial charge is 0.0702 e. The summed E-state index contributed by atoms with van der Waals surface area (Å²) in [7, 11) is 0. The third kappa shape index (κ3) is 1.76. The van der Waals surface area contributed by atoms with Crippen molar-refractivity contribution in [3.05, 3.63) is 24.4 Å². The van der Waals surface area contributed by atoms with Crippen LogP contribution in [0.3, 0.4) is 0 Å². The van der Waals surface area contributed by atoms with Crippen LogP contribution in [0.2, 0.25) is 0 Å². The van der Waals surface area contributed by atoms with Gasteiger partial charge in [0.25, 0.3) is 0 Å². The molecule has 1 aromatic heterocycles. The minimum absolute atomic E-state index is 0.896. The third-order valence-corrected chi connectivity index (χ3v) is 0.937. The van der Waals surface area contributed by atoms with Gasteiger partial charge >= 0.3 is 0 Å². The SMILES string of the molecule is CC[CH]c1ccnnn1. The average molecular weight is 122 g/mol. The van der Waals surface area contributed by atoms with Gasteiger partial charge in [-0.3, -0.25) is 0 Å². The van der Waals surface area contributed by atoms with E-state index in [4.69, 9.17) is 0 Å². The van der Waals surface area contributed by atoms with Crippen molar-refractivity contribution in [1.29, 1.82) is 0 Å². The maximum atomic E-state index is 3.75. The van der Waals surface area contributed by atoms with Crippen LogP contribution in [0.4, 0.5) is 0 Å². The van der Waals surface area contributed by atoms with Gasteiger partial charge in [-0.15, -0.1) is 10.2 Å². The molecule has 3 nitrogen and oxygen atoms in total. The van der Waals surface area contributed by atoms with Crippen LogP contribution >= 0.6 is 0 Å². The Morgan fingerprint density at radius 1 is 1.67 bits per heavy atom. The predicted octanol–water partition coefficient (Wildman–Crippen LogP) is 0.834. The summed E-state index contributed by atoms with van der Waals surface area (Å²) in [6, 6.07) is 1.83. The summed E-state index contributed by atoms with van der Waals surface area (Å²) in [6.07, 6.45) is 4.61. The molecule has 3 heteroatoms. The molecule has 0 aromatic carbocycles. The summed E-state index contributed by atoms with van der Waals surface area (Å²) in [6.45, 7) is 2.06. The van der Waals surface area contributed by atoms with E-state index >= 15 is 0 Å². The van der Waals surface area contributed by atoms with Crippen LogP contribution < -0.4 is 0 Å². The van der Waals surface area contributed by atoms with Crippen LogP contribution in [0.1, 0.15) is 19.0 Å². The molecule has 0 saturated heterocycles. The maximum Gasteiger partial charge on any atom is 0.0702 e. The summed E-state index contributed by atoms with van der Waals surface area (Å²) in [5, 5.41) is 10.8. The van der Waals surface area contributed by atoms with Crippen molar-refractivity contribution >= 4 is 0 Å². The van der Waals surface area contributed by atoms with E-state index in [-0.39, 0.29) is 0 Å². The van der Waals surface area contributed by atoms with Gasteiger partial charge in [-0.05, 0) is 17.7 Å². The highest BCUT2D eigenvalue weighted by atomic mass is 15.3. The molecule has 0 amide bonds. The second kappa shape index (κ2) is 3.12. The predicted molar refractivity (Wildman–Crippen MR) is 33.5 cm³/mol. The standard InChI is InChI=1S/C6H8N3/c1-2-3-6-4-5-7-9-8-6/h3-5H,2H2,1H3. The number of hydrogen-bond acceptors (Lipinski definition) is 3. The fourth-order valence-corrected chi connectivity index (χ4v) is 0.568. The largest absolute Gasteiger partial charge is 0.139 e. The highest BCUT2D eigenvalue weighted by Gasteiger charge is 1.89. The Balaban J connectivity index is 2.61. The summed E-state index contributed by atoms with van der Waals surface area (Å²) >= 11 is 0. The minimum atomic E-state index is 0.896. The van der Waals surface area contributed by atoms with Crippen molar-refractivity contribution in [3.8, 4) is 0 Å². The Kier molecular flexibility index (Phi) is 2.13. The molecule has 1 rings (SSSR count). The summed E-state index contributed by atoms with van der Waals surface area (Å²) < 4.78 is 0. The summed E-state index contributed by atoms with van der Waals surface area (Å²) in [5.41, 5.74) is 0.896. The normalized spacial score (nSPS) is 9.44. The summed E-state index contributed by atoms with van der Waals surface area (Å²) in [4.78, 5) is 0. The van der Waals surface area contributed by atoms with Gasteiger partial charge in [0.05, 0.1) is 11.9 Å². The van der Waals surface area contributed by atoms with Crippen LogP contribution in [0.5, 0.6) is 0 Å². The van der Waals surface area contributed by atoms with E-state index in [0.29, 0.717) is 0 Å². The highest BCUT2D eigenvalue weighted by Crippen LogP contribution is 1.96. The van der Waals surface area contributed by atoms with E-state index < -0.39 is 0 Å². The molecule has 0 fully saturated rings. The first-order valence-corrected chi connectivity index (χ1v) is 2.91. The van der Waals surface area contributed by atoms with Crippen LogP contribution in [-0.4, -0.2) is 15.4 Å². The van der Waals surface area contributed by atoms with Gasteiger partial charge in [0.2, 0.25) is 0 Å². The lowest BCUT2D eigenvalue weighted by Gasteiger charge is -1.89. The zero-order valence-corrected chi connectivity index (χ0v) is 5.28. The van der Waals surface area contributed by atoms with Crippen molar-refractivity contribution in [2.45, 2.75) is 13.3 Å². The zero-order valence-electron chi connectivity index (χ0n) is 5.28. The Labute approximate surface area is 54.1 Å². The average Bonchev–Trinajstić information content (AvgIpc) is 1.91. The number of hydrogen-bond donors (Lipinski definition) is 0. The van der Waals surface area contributed by atoms with Gasteiger partial charge in [0, 0.05) is 6.42 Å². The molecule has 47 valence electrons. The van der Waals surface area contributed by atoms with Crippen LogP contribution in [-0.2, 0) is 0 Å². The molecule has 0 saturated carbocycles. The van der Waals surface area contributed by atoms with E-state index in [1.807, 2.05) is 12.5 Å². The Morgan fingerprint density at radius 3 is 3.11 bits per heavy atom. The molecule has 0 N–H and O–H groups in total. The van der Waals surface area contributed by atoms with Gasteiger partial charge in [-0.25, -0.2) is 0 Å². The second-order valence-electron chi connectivity index (χ2n) is 1.66. The van der Waals surface area contributed by atoms with Crippen LogP contribution in [0, 0.1) is 6.42 Å². The van der Waals surface area contributed by atoms with Gasteiger partial charge < -0.3 is 0 Å². The Bertz CT molecular complexity index is 161. The molecule has 0 unspecified atom stereocenters. The number of aromatic nitrogens is 3. The topological polar surface area (TPSA) is 38.7 Å². The monoisotopic (exact) mass is 122 g/mol. The van der Waals surface area contributed by atoms with E-state index in [1.165, 1.54) is 0 Å². The summed E-state index contributed by atoms with van der Waals surface area (Å²) in [5.74, 6) is 0. The molecule has 0 atom stereocenters. The fourth-order valence-electron chi connectivity index (χ4n) is 0.568. The van der Waals surface area contributed by atoms with E-state index in [1.54, 1.807) is 6.20 Å². The quantitative estimate of drug-likeness (QED) is 0.583. The lowest BCUT2D eigenvalue weighted by Crippen LogP contribution is -1.90. The molecule has 0 aliphatic rings. The molecule has 1 heterocycles. The lowest BCUT2D eigenvalue weighted by atomic mass is 10.2. The molecule has 0 aliphatic carbocycles. The molecule has 1 aromatic rings. The Morgan fingerprint density at radius 2 is 2.56 bits per heavy atom. The number of nitrogens with zero attached hydrogens (tertiary/aromatic N) is 3. The molecule has 0 bridgehead atoms. The van der Waals surface area contributed by atoms with E-state index in [2.05, 4.69) is 22.3 Å². The van der Waals surface area contributed by atoms with E-state index in [0.717, 1.165) is 12.1 Å². The third-order valence-electron chi connectivity index (χ3n) is 0.937. The molecular formula is C6H8N3. The van der Waals surface area contributed by atoms with Gasteiger partial charge in [0.1, 0.15) is 0 Å². The fraction of sp³-hybridized carbons (Fsp3) is 0.333. The van der Waals surface area contributed by atoms with Crippen LogP contribution in [0.25, 0.3) is 0 Å². The molecule has 0 spiro atoms. The molecule has 0 aliphatic heterocycles. The first-order valence-electron chi connectivity index (χ1n) is 2.91. The van der Waals surface area contributed by atoms with Crippen molar-refractivity contribution < 1.29 is 0 Å². The van der Waals surface area contributed by atoms with Crippen molar-refractivity contribution in [2.24, 2.45) is 0 Å². The Hall–Kier alpha value is -0.990. The first kappa shape index (κ1) is 6.13. The number of rotatable bonds is 2. The minimum Gasteiger partial charge on any atom is -0.139 e. The highest BCUT2D eigenvalue weighted by molar-refractivity contribution is 5.06. The van der Waals surface area contributed by atoms with Crippen molar-refractivity contribution in [3.63, 3.8) is 0 Å². The van der Waals surface area contributed by atoms with Crippen LogP contribution in [0.15, 0.2) is 12.3 Å². The van der Waals surface area contributed by atoms with Gasteiger partial charge in [-0.2, -0.15) is 0 Å². The van der Waals surface area contributed by atoms with Crippen molar-refractivity contribution in [2.75, 3.05) is 0 Å². The first-order chi connectivity index (χ1) is 4.43. The molecular weight excluding hydrogens is 114 g/mol. The maximum absolute atomic E-state index is 3.75. The zero-order chi connectivity index (χ0) is 6.53. The molecule has 1 radical (unpaired) electrons.